The zero-order valence-electron chi connectivity index (χ0n) is 19.0. The highest BCUT2D eigenvalue weighted by molar-refractivity contribution is 5.97. The van der Waals surface area contributed by atoms with Crippen LogP contribution in [0.15, 0.2) is 73.2 Å². The van der Waals surface area contributed by atoms with Crippen molar-refractivity contribution in [2.75, 3.05) is 18.4 Å². The van der Waals surface area contributed by atoms with E-state index in [2.05, 4.69) is 33.5 Å². The van der Waals surface area contributed by atoms with Gasteiger partial charge < -0.3 is 10.2 Å². The summed E-state index contributed by atoms with van der Waals surface area (Å²) in [5.41, 5.74) is 4.44. The molecule has 4 aromatic rings. The Labute approximate surface area is 203 Å². The standard InChI is InChI=1S/C28H22N6O/c29-15-19-2-1-3-20(12-19)23-13-21-6-9-31-18-26(21)27(14-23)33-24-7-10-34(11-8-24)28(35)22-4-5-25(16-30)32-17-22/h1-6,9,12-14,17-18,24,33H,7-8,10-11H2. The van der Waals surface area contributed by atoms with Crippen molar-refractivity contribution in [3.63, 3.8) is 0 Å². The fourth-order valence-electron chi connectivity index (χ4n) is 4.47. The quantitative estimate of drug-likeness (QED) is 0.473. The summed E-state index contributed by atoms with van der Waals surface area (Å²) < 4.78 is 0. The van der Waals surface area contributed by atoms with Gasteiger partial charge in [0.05, 0.1) is 17.2 Å². The SMILES string of the molecule is N#Cc1cccc(-c2cc(NC3CCN(C(=O)c4ccc(C#N)nc4)CC3)c3cnccc3c2)c1. The van der Waals surface area contributed by atoms with Crippen LogP contribution in [0.4, 0.5) is 5.69 Å². The maximum atomic E-state index is 12.8. The van der Waals surface area contributed by atoms with Gasteiger partial charge in [0.2, 0.25) is 0 Å². The number of nitriles is 2. The van der Waals surface area contributed by atoms with Gasteiger partial charge in [-0.1, -0.05) is 12.1 Å². The van der Waals surface area contributed by atoms with Gasteiger partial charge in [0.1, 0.15) is 11.8 Å². The van der Waals surface area contributed by atoms with Crippen LogP contribution in [0.2, 0.25) is 0 Å². The van der Waals surface area contributed by atoms with Crippen molar-refractivity contribution in [1.29, 1.82) is 10.5 Å². The Bertz CT molecular complexity index is 1470. The first-order chi connectivity index (χ1) is 17.1. The number of anilines is 1. The molecule has 1 aliphatic heterocycles. The minimum absolute atomic E-state index is 0.0607. The molecular weight excluding hydrogens is 436 g/mol. The van der Waals surface area contributed by atoms with Gasteiger partial charge in [0, 0.05) is 48.8 Å². The van der Waals surface area contributed by atoms with Crippen molar-refractivity contribution >= 4 is 22.4 Å². The molecule has 1 fully saturated rings. The van der Waals surface area contributed by atoms with Gasteiger partial charge in [0.15, 0.2) is 0 Å². The van der Waals surface area contributed by atoms with E-state index < -0.39 is 0 Å². The lowest BCUT2D eigenvalue weighted by Crippen LogP contribution is -2.42. The largest absolute Gasteiger partial charge is 0.382 e. The predicted octanol–water partition coefficient (Wildman–Crippen LogP) is 4.76. The number of nitrogens with one attached hydrogen (secondary N) is 1. The molecule has 3 heterocycles. The number of rotatable bonds is 4. The molecule has 7 nitrogen and oxygen atoms in total. The first-order valence-corrected chi connectivity index (χ1v) is 11.4. The molecule has 1 aliphatic rings. The maximum absolute atomic E-state index is 12.8. The minimum Gasteiger partial charge on any atom is -0.382 e. The molecule has 1 saturated heterocycles. The van der Waals surface area contributed by atoms with Crippen molar-refractivity contribution in [1.82, 2.24) is 14.9 Å². The monoisotopic (exact) mass is 458 g/mol. The van der Waals surface area contributed by atoms with Gasteiger partial charge in [-0.3, -0.25) is 9.78 Å². The number of likely N-dealkylation sites (tertiary alicyclic amines) is 1. The summed E-state index contributed by atoms with van der Waals surface area (Å²) in [5, 5.41) is 24.0. The van der Waals surface area contributed by atoms with E-state index in [1.54, 1.807) is 24.4 Å². The fourth-order valence-corrected chi connectivity index (χ4v) is 4.47. The smallest absolute Gasteiger partial charge is 0.255 e. The van der Waals surface area contributed by atoms with Crippen molar-refractivity contribution in [3.05, 3.63) is 90.0 Å². The van der Waals surface area contributed by atoms with E-state index >= 15 is 0 Å². The van der Waals surface area contributed by atoms with E-state index in [-0.39, 0.29) is 11.9 Å². The van der Waals surface area contributed by atoms with Crippen LogP contribution in [0.1, 0.15) is 34.5 Å². The Hall–Kier alpha value is -4.75. The molecule has 0 unspecified atom stereocenters. The highest BCUT2D eigenvalue weighted by Gasteiger charge is 2.24. The molecule has 5 rings (SSSR count). The lowest BCUT2D eigenvalue weighted by molar-refractivity contribution is 0.0718. The molecule has 0 bridgehead atoms. The molecule has 170 valence electrons. The molecule has 0 spiro atoms. The zero-order chi connectivity index (χ0) is 24.2. The zero-order valence-corrected chi connectivity index (χ0v) is 19.0. The van der Waals surface area contributed by atoms with Gasteiger partial charge in [-0.2, -0.15) is 10.5 Å². The topological polar surface area (TPSA) is 106 Å². The molecule has 2 aromatic heterocycles. The molecule has 0 saturated carbocycles. The predicted molar refractivity (Wildman–Crippen MR) is 133 cm³/mol. The van der Waals surface area contributed by atoms with Gasteiger partial charge in [0.25, 0.3) is 5.91 Å². The molecule has 35 heavy (non-hydrogen) atoms. The molecule has 1 N–H and O–H groups in total. The minimum atomic E-state index is -0.0607. The number of hydrogen-bond acceptors (Lipinski definition) is 6. The Balaban J connectivity index is 1.34. The fraction of sp³-hybridized carbons (Fsp3) is 0.179. The Morgan fingerprint density at radius 3 is 2.57 bits per heavy atom. The third kappa shape index (κ3) is 4.66. The van der Waals surface area contributed by atoms with Crippen molar-refractivity contribution in [2.45, 2.75) is 18.9 Å². The normalized spacial score (nSPS) is 13.7. The summed E-state index contributed by atoms with van der Waals surface area (Å²) >= 11 is 0. The number of benzene rings is 2. The second-order valence-corrected chi connectivity index (χ2v) is 8.57. The van der Waals surface area contributed by atoms with E-state index in [4.69, 9.17) is 5.26 Å². The van der Waals surface area contributed by atoms with Gasteiger partial charge in [-0.25, -0.2) is 4.98 Å². The average molecular weight is 459 g/mol. The first kappa shape index (κ1) is 22.1. The van der Waals surface area contributed by atoms with E-state index in [0.717, 1.165) is 40.4 Å². The Morgan fingerprint density at radius 2 is 1.83 bits per heavy atom. The lowest BCUT2D eigenvalue weighted by atomic mass is 9.98. The third-order valence-corrected chi connectivity index (χ3v) is 6.35. The van der Waals surface area contributed by atoms with E-state index in [0.29, 0.717) is 29.9 Å². The highest BCUT2D eigenvalue weighted by Crippen LogP contribution is 2.32. The van der Waals surface area contributed by atoms with Crippen LogP contribution >= 0.6 is 0 Å². The molecule has 7 heteroatoms. The third-order valence-electron chi connectivity index (χ3n) is 6.35. The summed E-state index contributed by atoms with van der Waals surface area (Å²) in [6.45, 7) is 1.27. The lowest BCUT2D eigenvalue weighted by Gasteiger charge is -2.33. The molecule has 2 aromatic carbocycles. The average Bonchev–Trinajstić information content (AvgIpc) is 2.93. The molecule has 0 atom stereocenters. The van der Waals surface area contributed by atoms with Crippen LogP contribution < -0.4 is 5.32 Å². The number of carbonyl (C=O) groups excluding carboxylic acids is 1. The van der Waals surface area contributed by atoms with E-state index in [1.165, 1.54) is 6.20 Å². The molecule has 1 amide bonds. The van der Waals surface area contributed by atoms with Gasteiger partial charge >= 0.3 is 0 Å². The number of carbonyl (C=O) groups is 1. The Kier molecular flexibility index (Phi) is 6.07. The Morgan fingerprint density at radius 1 is 0.971 bits per heavy atom. The van der Waals surface area contributed by atoms with Crippen LogP contribution in [-0.4, -0.2) is 39.9 Å². The number of nitrogens with zero attached hydrogens (tertiary/aromatic N) is 5. The van der Waals surface area contributed by atoms with Crippen LogP contribution in [0.3, 0.4) is 0 Å². The number of hydrogen-bond donors (Lipinski definition) is 1. The highest BCUT2D eigenvalue weighted by atomic mass is 16.2. The van der Waals surface area contributed by atoms with Crippen LogP contribution in [-0.2, 0) is 0 Å². The van der Waals surface area contributed by atoms with Crippen molar-refractivity contribution in [3.8, 4) is 23.3 Å². The second-order valence-electron chi connectivity index (χ2n) is 8.57. The molecule has 0 radical (unpaired) electrons. The summed E-state index contributed by atoms with van der Waals surface area (Å²) in [5.74, 6) is -0.0607. The maximum Gasteiger partial charge on any atom is 0.255 e. The summed E-state index contributed by atoms with van der Waals surface area (Å²) in [6, 6.07) is 21.4. The molecular formula is C28H22N6O. The second kappa shape index (κ2) is 9.62. The number of fused-ring (bicyclic) bond motifs is 1. The summed E-state index contributed by atoms with van der Waals surface area (Å²) in [6.07, 6.45) is 6.74. The van der Waals surface area contributed by atoms with Crippen LogP contribution in [0.25, 0.3) is 21.9 Å². The van der Waals surface area contributed by atoms with Crippen LogP contribution in [0, 0.1) is 22.7 Å². The van der Waals surface area contributed by atoms with E-state index in [9.17, 15) is 10.1 Å². The number of pyridine rings is 2. The van der Waals surface area contributed by atoms with Crippen molar-refractivity contribution in [2.24, 2.45) is 0 Å². The summed E-state index contributed by atoms with van der Waals surface area (Å²) in [4.78, 5) is 23.0. The van der Waals surface area contributed by atoms with E-state index in [1.807, 2.05) is 41.4 Å². The van der Waals surface area contributed by atoms with Gasteiger partial charge in [-0.15, -0.1) is 0 Å². The number of aromatic nitrogens is 2. The number of piperidine rings is 1. The van der Waals surface area contributed by atoms with Crippen LogP contribution in [0.5, 0.6) is 0 Å². The van der Waals surface area contributed by atoms with Gasteiger partial charge in [-0.05, 0) is 71.8 Å². The number of amides is 1. The van der Waals surface area contributed by atoms with Crippen molar-refractivity contribution < 1.29 is 4.79 Å². The molecule has 0 aliphatic carbocycles. The summed E-state index contributed by atoms with van der Waals surface area (Å²) in [7, 11) is 0. The first-order valence-electron chi connectivity index (χ1n) is 11.4.